The van der Waals surface area contributed by atoms with E-state index in [2.05, 4.69) is 5.32 Å². The van der Waals surface area contributed by atoms with Crippen LogP contribution in [0.3, 0.4) is 0 Å². The number of amides is 3. The van der Waals surface area contributed by atoms with E-state index in [4.69, 9.17) is 14.2 Å². The predicted molar refractivity (Wildman–Crippen MR) is 60.7 cm³/mol. The van der Waals surface area contributed by atoms with Gasteiger partial charge in [-0.1, -0.05) is 0 Å². The Morgan fingerprint density at radius 3 is 2.84 bits per heavy atom. The van der Waals surface area contributed by atoms with Crippen molar-refractivity contribution in [3.05, 3.63) is 0 Å². The van der Waals surface area contributed by atoms with Gasteiger partial charge in [0.05, 0.1) is 12.8 Å². The molecule has 106 valence electrons. The van der Waals surface area contributed by atoms with Crippen LogP contribution in [0.15, 0.2) is 0 Å². The fraction of sp³-hybridized carbons (Fsp3) is 0.727. The molecule has 8 heteroatoms. The summed E-state index contributed by atoms with van der Waals surface area (Å²) >= 11 is 0. The molecule has 0 aromatic rings. The lowest BCUT2D eigenvalue weighted by atomic mass is 10.1. The summed E-state index contributed by atoms with van der Waals surface area (Å²) in [6.45, 7) is 0.157. The number of urea groups is 1. The van der Waals surface area contributed by atoms with Crippen molar-refractivity contribution in [2.75, 3.05) is 20.8 Å². The molecule has 2 rings (SSSR count). The minimum Gasteiger partial charge on any atom is -0.382 e. The number of rotatable bonds is 4. The third-order valence-electron chi connectivity index (χ3n) is 3.10. The van der Waals surface area contributed by atoms with Crippen molar-refractivity contribution in [2.45, 2.75) is 31.0 Å². The van der Waals surface area contributed by atoms with Crippen LogP contribution in [0.5, 0.6) is 0 Å². The van der Waals surface area contributed by atoms with Crippen molar-refractivity contribution in [3.63, 3.8) is 0 Å². The molecule has 4 atom stereocenters. The summed E-state index contributed by atoms with van der Waals surface area (Å²) in [5.74, 6) is -0.425. The van der Waals surface area contributed by atoms with Gasteiger partial charge in [0.2, 0.25) is 6.23 Å². The first-order valence-electron chi connectivity index (χ1n) is 5.85. The van der Waals surface area contributed by atoms with Gasteiger partial charge in [-0.05, 0) is 0 Å². The van der Waals surface area contributed by atoms with Crippen LogP contribution in [0.25, 0.3) is 0 Å². The number of hydrogen-bond acceptors (Lipinski definition) is 5. The number of imide groups is 1. The van der Waals surface area contributed by atoms with Crippen LogP contribution >= 0.6 is 0 Å². The van der Waals surface area contributed by atoms with Crippen molar-refractivity contribution < 1.29 is 32.8 Å². The fourth-order valence-electron chi connectivity index (χ4n) is 2.22. The molecule has 19 heavy (non-hydrogen) atoms. The maximum absolute atomic E-state index is 14.2. The molecule has 0 aromatic carbocycles. The van der Waals surface area contributed by atoms with E-state index in [-0.39, 0.29) is 13.0 Å². The molecule has 1 N–H and O–H groups in total. The van der Waals surface area contributed by atoms with Gasteiger partial charge in [0, 0.05) is 14.2 Å². The monoisotopic (exact) mass is 275 g/mol. The highest BCUT2D eigenvalue weighted by Gasteiger charge is 2.51. The van der Waals surface area contributed by atoms with Crippen molar-refractivity contribution in [3.8, 4) is 0 Å². The van der Waals surface area contributed by atoms with Crippen LogP contribution in [0.4, 0.5) is 9.18 Å². The number of halogens is 1. The predicted octanol–water partition coefficient (Wildman–Crippen LogP) is -0.566. The van der Waals surface area contributed by atoms with Gasteiger partial charge in [0.25, 0.3) is 0 Å². The molecular formula is C11H16FN2O5+. The fourth-order valence-corrected chi connectivity index (χ4v) is 2.22. The van der Waals surface area contributed by atoms with Crippen LogP contribution in [-0.4, -0.2) is 68.2 Å². The number of ether oxygens (including phenoxy) is 3. The van der Waals surface area contributed by atoms with Gasteiger partial charge in [-0.2, -0.15) is 14.7 Å². The van der Waals surface area contributed by atoms with Gasteiger partial charge in [-0.25, -0.2) is 9.18 Å². The molecule has 1 fully saturated rings. The summed E-state index contributed by atoms with van der Waals surface area (Å²) in [6, 6.07) is -0.697. The van der Waals surface area contributed by atoms with Crippen molar-refractivity contribution in [1.82, 2.24) is 5.32 Å². The first kappa shape index (κ1) is 14.0. The topological polar surface area (TPSA) is 76.9 Å². The summed E-state index contributed by atoms with van der Waals surface area (Å²) in [4.78, 5) is 22.7. The Kier molecular flexibility index (Phi) is 4.23. The first-order valence-corrected chi connectivity index (χ1v) is 5.85. The molecule has 0 bridgehead atoms. The second-order valence-electron chi connectivity index (χ2n) is 4.31. The van der Waals surface area contributed by atoms with Crippen molar-refractivity contribution in [1.29, 1.82) is 0 Å². The molecule has 0 aromatic heterocycles. The van der Waals surface area contributed by atoms with Crippen molar-refractivity contribution >= 4 is 18.2 Å². The zero-order valence-corrected chi connectivity index (χ0v) is 10.7. The van der Waals surface area contributed by atoms with Crippen LogP contribution in [-0.2, 0) is 19.0 Å². The number of nitrogens with one attached hydrogen (secondary N) is 1. The Labute approximate surface area is 109 Å². The molecule has 0 aliphatic carbocycles. The molecule has 1 saturated heterocycles. The molecule has 2 heterocycles. The highest BCUT2D eigenvalue weighted by molar-refractivity contribution is 6.01. The van der Waals surface area contributed by atoms with Crippen LogP contribution in [0.2, 0.25) is 0 Å². The lowest BCUT2D eigenvalue weighted by Crippen LogP contribution is -2.49. The SMILES string of the molecule is COC[C@H]1O[C@@H]([N+]2=CCC(=O)NC2=O)[C@@H](F)C1OC. The number of hydrogen-bond donors (Lipinski definition) is 1. The van der Waals surface area contributed by atoms with Crippen LogP contribution in [0, 0.1) is 0 Å². The quantitative estimate of drug-likeness (QED) is 0.696. The second-order valence-corrected chi connectivity index (χ2v) is 4.31. The molecule has 7 nitrogen and oxygen atoms in total. The van der Waals surface area contributed by atoms with Gasteiger partial charge < -0.3 is 14.2 Å². The van der Waals surface area contributed by atoms with E-state index in [0.717, 1.165) is 4.58 Å². The van der Waals surface area contributed by atoms with Gasteiger partial charge in [-0.3, -0.25) is 0 Å². The largest absolute Gasteiger partial charge is 0.500 e. The summed E-state index contributed by atoms with van der Waals surface area (Å²) in [6.07, 6.45) is -2.72. The zero-order valence-electron chi connectivity index (χ0n) is 10.7. The lowest BCUT2D eigenvalue weighted by molar-refractivity contribution is -0.532. The van der Waals surface area contributed by atoms with E-state index >= 15 is 0 Å². The zero-order chi connectivity index (χ0) is 14.0. The van der Waals surface area contributed by atoms with Crippen LogP contribution < -0.4 is 5.32 Å². The normalized spacial score (nSPS) is 35.2. The molecule has 2 aliphatic rings. The van der Waals surface area contributed by atoms with E-state index in [1.165, 1.54) is 20.4 Å². The summed E-state index contributed by atoms with van der Waals surface area (Å²) in [5, 5.41) is 2.10. The molecule has 0 spiro atoms. The van der Waals surface area contributed by atoms with E-state index < -0.39 is 36.5 Å². The first-order chi connectivity index (χ1) is 9.08. The standard InChI is InChI=1S/C11H15FN2O5/c1-17-5-6-9(18-2)8(12)10(19-6)14-4-3-7(15)13-11(14)16/h4,6,8-10H,3,5H2,1-2H3/p+1/t6-,8+,9?,10-/m1/s1. The molecule has 3 amide bonds. The summed E-state index contributed by atoms with van der Waals surface area (Å²) in [7, 11) is 2.84. The summed E-state index contributed by atoms with van der Waals surface area (Å²) in [5.41, 5.74) is 0. The van der Waals surface area contributed by atoms with Gasteiger partial charge in [0.1, 0.15) is 18.6 Å². The molecule has 0 saturated carbocycles. The Morgan fingerprint density at radius 2 is 2.26 bits per heavy atom. The number of nitrogens with zero attached hydrogens (tertiary/aromatic N) is 1. The number of carbonyl (C=O) groups is 2. The van der Waals surface area contributed by atoms with E-state index in [9.17, 15) is 14.0 Å². The third kappa shape index (κ3) is 2.65. The van der Waals surface area contributed by atoms with Gasteiger partial charge in [0.15, 0.2) is 6.17 Å². The number of methoxy groups -OCH3 is 2. The minimum absolute atomic E-state index is 0.00487. The molecule has 2 aliphatic heterocycles. The Bertz CT molecular complexity index is 414. The third-order valence-corrected chi connectivity index (χ3v) is 3.10. The number of alkyl halides is 1. The van der Waals surface area contributed by atoms with Gasteiger partial charge >= 0.3 is 11.9 Å². The average molecular weight is 275 g/mol. The van der Waals surface area contributed by atoms with Crippen LogP contribution in [0.1, 0.15) is 6.42 Å². The molecule has 1 unspecified atom stereocenters. The Morgan fingerprint density at radius 1 is 1.53 bits per heavy atom. The van der Waals surface area contributed by atoms with Crippen molar-refractivity contribution in [2.24, 2.45) is 0 Å². The van der Waals surface area contributed by atoms with E-state index in [1.54, 1.807) is 0 Å². The van der Waals surface area contributed by atoms with E-state index in [0.29, 0.717) is 0 Å². The maximum Gasteiger partial charge on any atom is 0.500 e. The highest BCUT2D eigenvalue weighted by Crippen LogP contribution is 2.27. The highest BCUT2D eigenvalue weighted by atomic mass is 19.1. The Balaban J connectivity index is 2.17. The molecule has 0 radical (unpaired) electrons. The minimum atomic E-state index is -1.51. The second kappa shape index (κ2) is 5.72. The smallest absolute Gasteiger partial charge is 0.382 e. The molecular weight excluding hydrogens is 259 g/mol. The summed E-state index contributed by atoms with van der Waals surface area (Å²) < 4.78 is 30.7. The van der Waals surface area contributed by atoms with E-state index in [1.807, 2.05) is 0 Å². The van der Waals surface area contributed by atoms with Gasteiger partial charge in [-0.15, -0.1) is 0 Å². The maximum atomic E-state index is 14.2. The number of carbonyl (C=O) groups excluding carboxylic acids is 2. The average Bonchev–Trinajstić information content (AvgIpc) is 2.66. The Hall–Kier alpha value is -1.38. The lowest BCUT2D eigenvalue weighted by Gasteiger charge is -2.16.